The van der Waals surface area contributed by atoms with E-state index in [2.05, 4.69) is 0 Å². The Morgan fingerprint density at radius 2 is 1.94 bits per heavy atom. The van der Waals surface area contributed by atoms with Crippen LogP contribution < -0.4 is 5.73 Å². The number of halogens is 5. The topological polar surface area (TPSA) is 26.0 Å². The monoisotopic (exact) mass is 281 g/mol. The van der Waals surface area contributed by atoms with Gasteiger partial charge in [0.05, 0.1) is 10.6 Å². The Morgan fingerprint density at radius 3 is 2.44 bits per heavy atom. The van der Waals surface area contributed by atoms with Crippen LogP contribution in [0, 0.1) is 11.7 Å². The minimum absolute atomic E-state index is 0.151. The lowest BCUT2D eigenvalue weighted by Gasteiger charge is -2.16. The fourth-order valence-electron chi connectivity index (χ4n) is 1.88. The molecule has 1 fully saturated rings. The third kappa shape index (κ3) is 2.95. The highest BCUT2D eigenvalue weighted by Gasteiger charge is 2.34. The summed E-state index contributed by atoms with van der Waals surface area (Å²) < 4.78 is 51.5. The summed E-state index contributed by atoms with van der Waals surface area (Å²) in [5.74, 6) is -0.453. The van der Waals surface area contributed by atoms with Crippen molar-refractivity contribution in [2.75, 3.05) is 0 Å². The molecular weight excluding hydrogens is 270 g/mol. The van der Waals surface area contributed by atoms with Gasteiger partial charge in [0.2, 0.25) is 0 Å². The van der Waals surface area contributed by atoms with Gasteiger partial charge in [-0.3, -0.25) is 0 Å². The molecule has 0 amide bonds. The molecule has 1 saturated carbocycles. The lowest BCUT2D eigenvalue weighted by atomic mass is 9.99. The zero-order valence-electron chi connectivity index (χ0n) is 9.40. The van der Waals surface area contributed by atoms with Crippen LogP contribution in [0.5, 0.6) is 0 Å². The number of nitrogens with two attached hydrogens (primary N) is 1. The first-order valence-electron chi connectivity index (χ1n) is 5.60. The van der Waals surface area contributed by atoms with Gasteiger partial charge in [-0.2, -0.15) is 13.2 Å². The molecule has 2 rings (SSSR count). The SMILES string of the molecule is N[C@@H](CC1CC1)c1cc(C(F)(F)F)cc(Cl)c1F. The quantitative estimate of drug-likeness (QED) is 0.822. The van der Waals surface area contributed by atoms with Crippen molar-refractivity contribution in [2.24, 2.45) is 11.7 Å². The molecule has 0 heterocycles. The zero-order chi connectivity index (χ0) is 13.5. The van der Waals surface area contributed by atoms with Gasteiger partial charge in [0.1, 0.15) is 5.82 Å². The van der Waals surface area contributed by atoms with Crippen LogP contribution in [-0.2, 0) is 6.18 Å². The van der Waals surface area contributed by atoms with Gasteiger partial charge in [-0.05, 0) is 24.5 Å². The predicted molar refractivity (Wildman–Crippen MR) is 60.7 cm³/mol. The molecule has 0 spiro atoms. The van der Waals surface area contributed by atoms with Gasteiger partial charge in [0.25, 0.3) is 0 Å². The molecular formula is C12H12ClF4N. The molecule has 0 bridgehead atoms. The normalized spacial score (nSPS) is 17.9. The van der Waals surface area contributed by atoms with Gasteiger partial charge in [-0.25, -0.2) is 4.39 Å². The molecule has 1 nitrogen and oxygen atoms in total. The van der Waals surface area contributed by atoms with Gasteiger partial charge < -0.3 is 5.73 Å². The molecule has 1 aliphatic carbocycles. The van der Waals surface area contributed by atoms with Gasteiger partial charge in [-0.1, -0.05) is 24.4 Å². The molecule has 100 valence electrons. The van der Waals surface area contributed by atoms with E-state index in [-0.39, 0.29) is 5.56 Å². The van der Waals surface area contributed by atoms with Crippen LogP contribution in [0.25, 0.3) is 0 Å². The van der Waals surface area contributed by atoms with Crippen molar-refractivity contribution in [1.82, 2.24) is 0 Å². The van der Waals surface area contributed by atoms with Crippen LogP contribution in [0.2, 0.25) is 5.02 Å². The first-order chi connectivity index (χ1) is 8.29. The minimum Gasteiger partial charge on any atom is -0.324 e. The minimum atomic E-state index is -4.55. The first-order valence-corrected chi connectivity index (χ1v) is 5.98. The Kier molecular flexibility index (Phi) is 3.56. The summed E-state index contributed by atoms with van der Waals surface area (Å²) in [6.07, 6.45) is -2.05. The molecule has 0 aromatic heterocycles. The molecule has 1 aromatic rings. The highest BCUT2D eigenvalue weighted by atomic mass is 35.5. The summed E-state index contributed by atoms with van der Waals surface area (Å²) in [4.78, 5) is 0. The van der Waals surface area contributed by atoms with Crippen molar-refractivity contribution in [3.63, 3.8) is 0 Å². The Hall–Kier alpha value is -0.810. The van der Waals surface area contributed by atoms with Crippen LogP contribution in [0.1, 0.15) is 36.4 Å². The van der Waals surface area contributed by atoms with Gasteiger partial charge in [0, 0.05) is 11.6 Å². The highest BCUT2D eigenvalue weighted by Crippen LogP contribution is 2.40. The lowest BCUT2D eigenvalue weighted by Crippen LogP contribution is -2.15. The second-order valence-electron chi connectivity index (χ2n) is 4.64. The largest absolute Gasteiger partial charge is 0.416 e. The fraction of sp³-hybridized carbons (Fsp3) is 0.500. The Labute approximate surface area is 107 Å². The van der Waals surface area contributed by atoms with E-state index in [4.69, 9.17) is 17.3 Å². The fourth-order valence-corrected chi connectivity index (χ4v) is 2.11. The molecule has 0 saturated heterocycles. The number of hydrogen-bond donors (Lipinski definition) is 1. The summed E-state index contributed by atoms with van der Waals surface area (Å²) in [6.45, 7) is 0. The van der Waals surface area contributed by atoms with E-state index < -0.39 is 28.6 Å². The van der Waals surface area contributed by atoms with Crippen molar-refractivity contribution < 1.29 is 17.6 Å². The molecule has 1 aliphatic rings. The molecule has 0 radical (unpaired) electrons. The summed E-state index contributed by atoms with van der Waals surface area (Å²) in [5.41, 5.74) is 4.64. The molecule has 1 atom stereocenters. The van der Waals surface area contributed by atoms with Crippen molar-refractivity contribution >= 4 is 11.6 Å². The van der Waals surface area contributed by atoms with Crippen LogP contribution in [-0.4, -0.2) is 0 Å². The van der Waals surface area contributed by atoms with E-state index in [1.807, 2.05) is 0 Å². The lowest BCUT2D eigenvalue weighted by molar-refractivity contribution is -0.137. The van der Waals surface area contributed by atoms with E-state index in [0.29, 0.717) is 18.4 Å². The third-order valence-electron chi connectivity index (χ3n) is 3.07. The average molecular weight is 282 g/mol. The van der Waals surface area contributed by atoms with Crippen molar-refractivity contribution in [2.45, 2.75) is 31.5 Å². The van der Waals surface area contributed by atoms with Crippen molar-refractivity contribution in [3.8, 4) is 0 Å². The Morgan fingerprint density at radius 1 is 1.33 bits per heavy atom. The van der Waals surface area contributed by atoms with E-state index >= 15 is 0 Å². The number of benzene rings is 1. The molecule has 0 unspecified atom stereocenters. The average Bonchev–Trinajstić information content (AvgIpc) is 3.03. The summed E-state index contributed by atoms with van der Waals surface area (Å²) in [5, 5.41) is -0.536. The standard InChI is InChI=1S/C12H12ClF4N/c13-9-5-7(12(15,16)17)4-8(11(9)14)10(18)3-6-1-2-6/h4-6,10H,1-3,18H2/t10-/m0/s1. The molecule has 6 heteroatoms. The van der Waals surface area contributed by atoms with Crippen LogP contribution in [0.4, 0.5) is 17.6 Å². The molecule has 0 aliphatic heterocycles. The predicted octanol–water partition coefficient (Wildman–Crippen LogP) is 4.30. The van der Waals surface area contributed by atoms with E-state index in [1.54, 1.807) is 0 Å². The Bertz CT molecular complexity index is 454. The van der Waals surface area contributed by atoms with E-state index in [1.165, 1.54) is 0 Å². The third-order valence-corrected chi connectivity index (χ3v) is 3.34. The maximum atomic E-state index is 13.7. The van der Waals surface area contributed by atoms with E-state index in [0.717, 1.165) is 18.9 Å². The number of rotatable bonds is 3. The van der Waals surface area contributed by atoms with Crippen molar-refractivity contribution in [3.05, 3.63) is 34.1 Å². The van der Waals surface area contributed by atoms with E-state index in [9.17, 15) is 17.6 Å². The number of alkyl halides is 3. The highest BCUT2D eigenvalue weighted by molar-refractivity contribution is 6.30. The second-order valence-corrected chi connectivity index (χ2v) is 5.05. The van der Waals surface area contributed by atoms with Crippen LogP contribution in [0.15, 0.2) is 12.1 Å². The summed E-state index contributed by atoms with van der Waals surface area (Å²) in [6, 6.07) is 0.607. The second kappa shape index (κ2) is 4.70. The van der Waals surface area contributed by atoms with Gasteiger partial charge in [0.15, 0.2) is 0 Å². The first kappa shape index (κ1) is 13.6. The molecule has 1 aromatic carbocycles. The Balaban J connectivity index is 2.35. The smallest absolute Gasteiger partial charge is 0.324 e. The van der Waals surface area contributed by atoms with Crippen LogP contribution >= 0.6 is 11.6 Å². The summed E-state index contributed by atoms with van der Waals surface area (Å²) in [7, 11) is 0. The molecule has 2 N–H and O–H groups in total. The maximum absolute atomic E-state index is 13.7. The number of hydrogen-bond acceptors (Lipinski definition) is 1. The van der Waals surface area contributed by atoms with Crippen LogP contribution in [0.3, 0.4) is 0 Å². The maximum Gasteiger partial charge on any atom is 0.416 e. The summed E-state index contributed by atoms with van der Waals surface area (Å²) >= 11 is 5.49. The van der Waals surface area contributed by atoms with Gasteiger partial charge >= 0.3 is 6.18 Å². The molecule has 18 heavy (non-hydrogen) atoms. The van der Waals surface area contributed by atoms with Gasteiger partial charge in [-0.15, -0.1) is 0 Å². The zero-order valence-corrected chi connectivity index (χ0v) is 10.2. The van der Waals surface area contributed by atoms with Crippen molar-refractivity contribution in [1.29, 1.82) is 0 Å².